The molecule has 0 radical (unpaired) electrons. The molecule has 1 unspecified atom stereocenters. The molecule has 8 nitrogen and oxygen atoms in total. The molecule has 1 heterocycles. The van der Waals surface area contributed by atoms with Gasteiger partial charge in [0.25, 0.3) is 5.69 Å². The number of benzene rings is 1. The van der Waals surface area contributed by atoms with Crippen LogP contribution in [0.5, 0.6) is 0 Å². The number of hydrogen-bond acceptors (Lipinski definition) is 5. The number of likely N-dealkylation sites (tertiary alicyclic amines) is 1. The summed E-state index contributed by atoms with van der Waals surface area (Å²) in [7, 11) is 0. The lowest BCUT2D eigenvalue weighted by Crippen LogP contribution is -2.41. The fourth-order valence-electron chi connectivity index (χ4n) is 2.87. The van der Waals surface area contributed by atoms with E-state index in [1.54, 1.807) is 0 Å². The smallest absolute Gasteiger partial charge is 0.393 e. The van der Waals surface area contributed by atoms with Crippen molar-refractivity contribution in [3.05, 3.63) is 34.4 Å². The first-order valence-corrected chi connectivity index (χ1v) is 7.60. The Bertz CT molecular complexity index is 725. The average molecular weight is 375 g/mol. The summed E-state index contributed by atoms with van der Waals surface area (Å²) in [5, 5.41) is 22.3. The maximum Gasteiger partial charge on any atom is 0.393 e. The number of rotatable bonds is 5. The van der Waals surface area contributed by atoms with Crippen LogP contribution in [0.1, 0.15) is 6.92 Å². The van der Waals surface area contributed by atoms with Gasteiger partial charge in [-0.25, -0.2) is 0 Å². The van der Waals surface area contributed by atoms with Gasteiger partial charge in [0.15, 0.2) is 0 Å². The van der Waals surface area contributed by atoms with Crippen LogP contribution in [0, 0.1) is 22.0 Å². The van der Waals surface area contributed by atoms with E-state index in [1.807, 2.05) is 0 Å². The Morgan fingerprint density at radius 1 is 1.35 bits per heavy atom. The van der Waals surface area contributed by atoms with Gasteiger partial charge in [0.1, 0.15) is 5.69 Å². The minimum absolute atomic E-state index is 0.0873. The molecule has 1 aliphatic heterocycles. The van der Waals surface area contributed by atoms with Gasteiger partial charge in [-0.3, -0.25) is 24.6 Å². The first-order chi connectivity index (χ1) is 12.0. The summed E-state index contributed by atoms with van der Waals surface area (Å²) in [6, 6.07) is 4.25. The summed E-state index contributed by atoms with van der Waals surface area (Å²) in [5.41, 5.74) is -0.443. The molecule has 0 bridgehead atoms. The van der Waals surface area contributed by atoms with Crippen molar-refractivity contribution in [3.8, 4) is 0 Å². The van der Waals surface area contributed by atoms with Crippen molar-refractivity contribution in [3.63, 3.8) is 0 Å². The van der Waals surface area contributed by atoms with Gasteiger partial charge in [-0.15, -0.1) is 0 Å². The summed E-state index contributed by atoms with van der Waals surface area (Å²) >= 11 is 0. The Kier molecular flexibility index (Phi) is 5.50. The second-order valence-electron chi connectivity index (χ2n) is 5.99. The summed E-state index contributed by atoms with van der Waals surface area (Å²) in [4.78, 5) is 34.8. The number of carbonyl (C=O) groups excluding carboxylic acids is 1. The minimum atomic E-state index is -4.70. The highest BCUT2D eigenvalue weighted by Crippen LogP contribution is 2.38. The van der Waals surface area contributed by atoms with Crippen molar-refractivity contribution in [1.29, 1.82) is 0 Å². The molecule has 1 saturated heterocycles. The fourth-order valence-corrected chi connectivity index (χ4v) is 2.87. The van der Waals surface area contributed by atoms with Crippen LogP contribution in [-0.2, 0) is 9.59 Å². The highest BCUT2D eigenvalue weighted by molar-refractivity contribution is 5.96. The molecule has 2 N–H and O–H groups in total. The van der Waals surface area contributed by atoms with Crippen LogP contribution in [-0.4, -0.2) is 52.1 Å². The number of alkyl halides is 3. The molecule has 1 fully saturated rings. The maximum atomic E-state index is 13.0. The van der Waals surface area contributed by atoms with E-state index in [0.717, 1.165) is 4.90 Å². The largest absolute Gasteiger partial charge is 0.481 e. The standard InChI is InChI=1S/C15H16F3N3O5/c1-8(13(22)19-11-4-2-3-5-12(11)21(25)26)20-6-9(14(23)24)10(7-20)15(16,17)18/h2-5,8-10H,6-7H2,1H3,(H,19,22)(H,23,24)/t8?,9-,10-/m1/s1. The Morgan fingerprint density at radius 2 is 1.96 bits per heavy atom. The van der Waals surface area contributed by atoms with Crippen LogP contribution < -0.4 is 5.32 Å². The molecule has 1 aromatic rings. The first-order valence-electron chi connectivity index (χ1n) is 7.60. The van der Waals surface area contributed by atoms with Crippen molar-refractivity contribution in [2.45, 2.75) is 19.1 Å². The van der Waals surface area contributed by atoms with Crippen molar-refractivity contribution >= 4 is 23.3 Å². The van der Waals surface area contributed by atoms with Gasteiger partial charge < -0.3 is 10.4 Å². The zero-order valence-corrected chi connectivity index (χ0v) is 13.6. The van der Waals surface area contributed by atoms with Crippen molar-refractivity contribution < 1.29 is 32.8 Å². The van der Waals surface area contributed by atoms with Crippen LogP contribution in [0.4, 0.5) is 24.5 Å². The van der Waals surface area contributed by atoms with Crippen LogP contribution in [0.15, 0.2) is 24.3 Å². The molecule has 0 aliphatic carbocycles. The predicted octanol–water partition coefficient (Wildman–Crippen LogP) is 2.12. The van der Waals surface area contributed by atoms with E-state index < -0.39 is 53.9 Å². The molecule has 2 rings (SSSR count). The third kappa shape index (κ3) is 4.10. The maximum absolute atomic E-state index is 13.0. The third-order valence-corrected chi connectivity index (χ3v) is 4.37. The lowest BCUT2D eigenvalue weighted by molar-refractivity contribution is -0.383. The summed E-state index contributed by atoms with van der Waals surface area (Å²) in [6.45, 7) is 0.249. The van der Waals surface area contributed by atoms with E-state index in [4.69, 9.17) is 5.11 Å². The number of nitrogens with zero attached hydrogens (tertiary/aromatic N) is 2. The van der Waals surface area contributed by atoms with Crippen molar-refractivity contribution in [1.82, 2.24) is 4.90 Å². The Morgan fingerprint density at radius 3 is 2.46 bits per heavy atom. The van der Waals surface area contributed by atoms with Crippen LogP contribution in [0.2, 0.25) is 0 Å². The third-order valence-electron chi connectivity index (χ3n) is 4.37. The summed E-state index contributed by atoms with van der Waals surface area (Å²) < 4.78 is 39.1. The highest BCUT2D eigenvalue weighted by Gasteiger charge is 2.53. The van der Waals surface area contributed by atoms with Crippen LogP contribution in [0.25, 0.3) is 0 Å². The highest BCUT2D eigenvalue weighted by atomic mass is 19.4. The lowest BCUT2D eigenvalue weighted by atomic mass is 9.96. The second-order valence-corrected chi connectivity index (χ2v) is 5.99. The number of nitrogens with one attached hydrogen (secondary N) is 1. The quantitative estimate of drug-likeness (QED) is 0.602. The Labute approximate surface area is 145 Å². The van der Waals surface area contributed by atoms with Crippen molar-refractivity contribution in [2.75, 3.05) is 18.4 Å². The number of para-hydroxylation sites is 2. The van der Waals surface area contributed by atoms with E-state index in [0.29, 0.717) is 0 Å². The van der Waals surface area contributed by atoms with Crippen LogP contribution >= 0.6 is 0 Å². The number of halogens is 3. The molecule has 1 aliphatic rings. The fraction of sp³-hybridized carbons (Fsp3) is 0.467. The number of hydrogen-bond donors (Lipinski definition) is 2. The molecule has 3 atom stereocenters. The van der Waals surface area contributed by atoms with Gasteiger partial charge in [0, 0.05) is 19.2 Å². The molecular formula is C15H16F3N3O5. The molecule has 0 spiro atoms. The minimum Gasteiger partial charge on any atom is -0.481 e. The number of nitro groups is 1. The van der Waals surface area contributed by atoms with E-state index >= 15 is 0 Å². The predicted molar refractivity (Wildman–Crippen MR) is 83.4 cm³/mol. The second kappa shape index (κ2) is 7.28. The van der Waals surface area contributed by atoms with Crippen molar-refractivity contribution in [2.24, 2.45) is 11.8 Å². The van der Waals surface area contributed by atoms with Gasteiger partial charge in [-0.1, -0.05) is 12.1 Å². The molecule has 1 aromatic carbocycles. The Hall–Kier alpha value is -2.69. The summed E-state index contributed by atoms with van der Waals surface area (Å²) in [5.74, 6) is -6.09. The van der Waals surface area contributed by atoms with E-state index in [2.05, 4.69) is 5.32 Å². The van der Waals surface area contributed by atoms with Crippen LogP contribution in [0.3, 0.4) is 0 Å². The normalized spacial score (nSPS) is 22.0. The number of carbonyl (C=O) groups is 2. The number of nitro benzene ring substituents is 1. The SMILES string of the molecule is CC(C(=O)Nc1ccccc1[N+](=O)[O-])N1C[C@@H](C(F)(F)F)[C@H](C(=O)O)C1. The number of amides is 1. The topological polar surface area (TPSA) is 113 Å². The van der Waals surface area contributed by atoms with Gasteiger partial charge in [-0.2, -0.15) is 13.2 Å². The molecular weight excluding hydrogens is 359 g/mol. The zero-order valence-electron chi connectivity index (χ0n) is 13.6. The molecule has 26 heavy (non-hydrogen) atoms. The molecule has 11 heteroatoms. The first kappa shape index (κ1) is 19.6. The molecule has 142 valence electrons. The lowest BCUT2D eigenvalue weighted by Gasteiger charge is -2.23. The average Bonchev–Trinajstić information content (AvgIpc) is 3.00. The van der Waals surface area contributed by atoms with Gasteiger partial charge in [0.2, 0.25) is 5.91 Å². The zero-order chi connectivity index (χ0) is 19.6. The molecule has 1 amide bonds. The molecule has 0 saturated carbocycles. The van der Waals surface area contributed by atoms with Gasteiger partial charge >= 0.3 is 12.1 Å². The van der Waals surface area contributed by atoms with E-state index in [-0.39, 0.29) is 11.4 Å². The van der Waals surface area contributed by atoms with Gasteiger partial charge in [0.05, 0.1) is 22.8 Å². The van der Waals surface area contributed by atoms with Gasteiger partial charge in [-0.05, 0) is 13.0 Å². The molecule has 0 aromatic heterocycles. The Balaban J connectivity index is 2.14. The number of carboxylic acid groups (broad SMARTS) is 1. The van der Waals surface area contributed by atoms with E-state index in [9.17, 15) is 32.9 Å². The number of carboxylic acids is 1. The number of aliphatic carboxylic acids is 1. The van der Waals surface area contributed by atoms with E-state index in [1.165, 1.54) is 31.2 Å². The number of anilines is 1. The summed E-state index contributed by atoms with van der Waals surface area (Å²) in [6.07, 6.45) is -4.70. The monoisotopic (exact) mass is 375 g/mol.